The zero-order chi connectivity index (χ0) is 7.62. The fourth-order valence-electron chi connectivity index (χ4n) is 2.50. The number of hydrogen-bond donors (Lipinski definition) is 1. The van der Waals surface area contributed by atoms with E-state index in [1.807, 2.05) is 0 Å². The molecular weight excluding hydrogens is 126 g/mol. The van der Waals surface area contributed by atoms with Crippen molar-refractivity contribution in [3.05, 3.63) is 0 Å². The third-order valence-corrected chi connectivity index (χ3v) is 3.08. The Morgan fingerprint density at radius 2 is 1.70 bits per heavy atom. The summed E-state index contributed by atoms with van der Waals surface area (Å²) in [5, 5.41) is 0. The van der Waals surface area contributed by atoms with Crippen LogP contribution in [0.25, 0.3) is 0 Å². The van der Waals surface area contributed by atoms with Gasteiger partial charge in [0.05, 0.1) is 11.2 Å². The van der Waals surface area contributed by atoms with Gasteiger partial charge in [-0.3, -0.25) is 0 Å². The first-order valence-electron chi connectivity index (χ1n) is 3.86. The summed E-state index contributed by atoms with van der Waals surface area (Å²) in [6.07, 6.45) is 2.07. The van der Waals surface area contributed by atoms with Crippen molar-refractivity contribution in [1.82, 2.24) is 0 Å². The van der Waals surface area contributed by atoms with Gasteiger partial charge in [0, 0.05) is 5.54 Å². The van der Waals surface area contributed by atoms with Gasteiger partial charge in [0.25, 0.3) is 0 Å². The van der Waals surface area contributed by atoms with Crippen LogP contribution < -0.4 is 5.73 Å². The summed E-state index contributed by atoms with van der Waals surface area (Å²) >= 11 is 0. The summed E-state index contributed by atoms with van der Waals surface area (Å²) < 4.78 is 5.79. The molecule has 3 aliphatic rings. The van der Waals surface area contributed by atoms with E-state index >= 15 is 0 Å². The average Bonchev–Trinajstić information content (AvgIpc) is 1.79. The Labute approximate surface area is 61.7 Å². The highest BCUT2D eigenvalue weighted by Crippen LogP contribution is 2.58. The molecule has 58 valence electrons. The van der Waals surface area contributed by atoms with E-state index in [4.69, 9.17) is 10.5 Å². The van der Waals surface area contributed by atoms with Crippen molar-refractivity contribution < 1.29 is 4.74 Å². The maximum atomic E-state index is 6.08. The zero-order valence-electron chi connectivity index (χ0n) is 6.90. The number of nitrogens with two attached hydrogens (primary N) is 1. The molecule has 2 N–H and O–H groups in total. The van der Waals surface area contributed by atoms with E-state index in [-0.39, 0.29) is 16.7 Å². The molecule has 0 atom stereocenters. The van der Waals surface area contributed by atoms with Crippen LogP contribution in [-0.4, -0.2) is 16.7 Å². The van der Waals surface area contributed by atoms with Crippen molar-refractivity contribution in [1.29, 1.82) is 0 Å². The molecular formula is C8H15NO. The third-order valence-electron chi connectivity index (χ3n) is 3.08. The SMILES string of the molecule is CC12CC(N)(C1)C(C)(C)O2. The summed E-state index contributed by atoms with van der Waals surface area (Å²) in [6, 6.07) is 0. The summed E-state index contributed by atoms with van der Waals surface area (Å²) in [5.41, 5.74) is 6.07. The number of hydrogen-bond acceptors (Lipinski definition) is 2. The second-order valence-electron chi connectivity index (χ2n) is 4.57. The van der Waals surface area contributed by atoms with Gasteiger partial charge >= 0.3 is 0 Å². The molecule has 2 heterocycles. The van der Waals surface area contributed by atoms with Crippen LogP contribution in [0.4, 0.5) is 0 Å². The maximum absolute atomic E-state index is 6.08. The Balaban J connectivity index is 2.33. The maximum Gasteiger partial charge on any atom is 0.0814 e. The number of ether oxygens (including phenoxy) is 1. The number of fused-ring (bicyclic) bond motifs is 1. The van der Waals surface area contributed by atoms with E-state index in [1.54, 1.807) is 0 Å². The molecule has 10 heavy (non-hydrogen) atoms. The van der Waals surface area contributed by atoms with Gasteiger partial charge in [-0.05, 0) is 33.6 Å². The van der Waals surface area contributed by atoms with Crippen molar-refractivity contribution in [3.8, 4) is 0 Å². The Morgan fingerprint density at radius 1 is 1.20 bits per heavy atom. The monoisotopic (exact) mass is 141 g/mol. The average molecular weight is 141 g/mol. The fourth-order valence-corrected chi connectivity index (χ4v) is 2.50. The molecule has 3 rings (SSSR count). The second kappa shape index (κ2) is 1.28. The minimum atomic E-state index is -0.0955. The van der Waals surface area contributed by atoms with Gasteiger partial charge in [-0.2, -0.15) is 0 Å². The molecule has 2 bridgehead atoms. The fraction of sp³-hybridized carbons (Fsp3) is 1.00. The van der Waals surface area contributed by atoms with Gasteiger partial charge < -0.3 is 10.5 Å². The van der Waals surface area contributed by atoms with Gasteiger partial charge in [-0.1, -0.05) is 0 Å². The lowest BCUT2D eigenvalue weighted by molar-refractivity contribution is -0.0425. The quantitative estimate of drug-likeness (QED) is 0.547. The van der Waals surface area contributed by atoms with Crippen molar-refractivity contribution in [2.75, 3.05) is 0 Å². The molecule has 0 radical (unpaired) electrons. The van der Waals surface area contributed by atoms with Crippen molar-refractivity contribution in [2.24, 2.45) is 5.73 Å². The van der Waals surface area contributed by atoms with E-state index in [1.165, 1.54) is 0 Å². The van der Waals surface area contributed by atoms with Crippen LogP contribution in [-0.2, 0) is 4.74 Å². The van der Waals surface area contributed by atoms with Crippen LogP contribution in [0.2, 0.25) is 0 Å². The van der Waals surface area contributed by atoms with Crippen LogP contribution in [0.1, 0.15) is 33.6 Å². The molecule has 0 amide bonds. The highest BCUT2D eigenvalue weighted by atomic mass is 16.5. The van der Waals surface area contributed by atoms with Crippen LogP contribution in [0.5, 0.6) is 0 Å². The third kappa shape index (κ3) is 0.523. The van der Waals surface area contributed by atoms with E-state index in [0.717, 1.165) is 12.8 Å². The second-order valence-corrected chi connectivity index (χ2v) is 4.57. The summed E-state index contributed by atoms with van der Waals surface area (Å²) in [7, 11) is 0. The summed E-state index contributed by atoms with van der Waals surface area (Å²) in [5.74, 6) is 0. The lowest BCUT2D eigenvalue weighted by Crippen LogP contribution is -2.59. The van der Waals surface area contributed by atoms with Crippen molar-refractivity contribution in [3.63, 3.8) is 0 Å². The first-order chi connectivity index (χ1) is 4.37. The standard InChI is InChI=1S/C8H15NO/c1-6(2)8(9)4-7(3,5-8)10-6/h4-5,9H2,1-3H3. The summed E-state index contributed by atoms with van der Waals surface area (Å²) in [4.78, 5) is 0. The highest BCUT2D eigenvalue weighted by Gasteiger charge is 2.67. The van der Waals surface area contributed by atoms with E-state index in [0.29, 0.717) is 0 Å². The lowest BCUT2D eigenvalue weighted by atomic mass is 9.64. The van der Waals surface area contributed by atoms with Gasteiger partial charge in [0.2, 0.25) is 0 Å². The van der Waals surface area contributed by atoms with Gasteiger partial charge in [0.15, 0.2) is 0 Å². The molecule has 0 aromatic carbocycles. The molecule has 2 saturated heterocycles. The highest BCUT2D eigenvalue weighted by molar-refractivity contribution is 5.22. The summed E-state index contributed by atoms with van der Waals surface area (Å²) in [6.45, 7) is 6.32. The molecule has 2 heteroatoms. The topological polar surface area (TPSA) is 35.2 Å². The molecule has 0 spiro atoms. The number of rotatable bonds is 0. The molecule has 3 fully saturated rings. The molecule has 1 aliphatic carbocycles. The first-order valence-corrected chi connectivity index (χ1v) is 3.86. The molecule has 0 aromatic rings. The van der Waals surface area contributed by atoms with Crippen LogP contribution >= 0.6 is 0 Å². The van der Waals surface area contributed by atoms with E-state index in [9.17, 15) is 0 Å². The van der Waals surface area contributed by atoms with Crippen molar-refractivity contribution >= 4 is 0 Å². The molecule has 2 aliphatic heterocycles. The van der Waals surface area contributed by atoms with Crippen LogP contribution in [0.3, 0.4) is 0 Å². The minimum absolute atomic E-state index is 0.0260. The normalized spacial score (nSPS) is 56.4. The Hall–Kier alpha value is -0.0800. The smallest absolute Gasteiger partial charge is 0.0814 e. The van der Waals surface area contributed by atoms with Gasteiger partial charge in [-0.25, -0.2) is 0 Å². The molecule has 2 nitrogen and oxygen atoms in total. The Morgan fingerprint density at radius 3 is 1.80 bits per heavy atom. The first kappa shape index (κ1) is 6.62. The van der Waals surface area contributed by atoms with Crippen molar-refractivity contribution in [2.45, 2.75) is 50.4 Å². The molecule has 0 unspecified atom stereocenters. The van der Waals surface area contributed by atoms with E-state index in [2.05, 4.69) is 20.8 Å². The lowest BCUT2D eigenvalue weighted by Gasteiger charge is -2.42. The minimum Gasteiger partial charge on any atom is -0.367 e. The molecule has 1 saturated carbocycles. The Bertz CT molecular complexity index is 177. The van der Waals surface area contributed by atoms with Crippen LogP contribution in [0, 0.1) is 0 Å². The van der Waals surface area contributed by atoms with Crippen LogP contribution in [0.15, 0.2) is 0 Å². The Kier molecular flexibility index (Phi) is 0.846. The predicted molar refractivity (Wildman–Crippen MR) is 39.7 cm³/mol. The molecule has 0 aromatic heterocycles. The zero-order valence-corrected chi connectivity index (χ0v) is 6.90. The predicted octanol–water partition coefficient (Wildman–Crippen LogP) is 1.05. The van der Waals surface area contributed by atoms with E-state index < -0.39 is 0 Å². The van der Waals surface area contributed by atoms with Gasteiger partial charge in [-0.15, -0.1) is 0 Å². The van der Waals surface area contributed by atoms with Gasteiger partial charge in [0.1, 0.15) is 0 Å². The largest absolute Gasteiger partial charge is 0.367 e.